The molecule has 0 bridgehead atoms. The lowest BCUT2D eigenvalue weighted by Crippen LogP contribution is -2.57. The van der Waals surface area contributed by atoms with E-state index in [1.165, 1.54) is 0 Å². The summed E-state index contributed by atoms with van der Waals surface area (Å²) in [5.74, 6) is -3.39. The van der Waals surface area contributed by atoms with E-state index in [1.54, 1.807) is 30.3 Å². The minimum Gasteiger partial charge on any atom is -0.480 e. The Balaban J connectivity index is 3.12. The van der Waals surface area contributed by atoms with Gasteiger partial charge in [-0.1, -0.05) is 36.8 Å². The van der Waals surface area contributed by atoms with Crippen molar-refractivity contribution in [3.8, 4) is 0 Å². The van der Waals surface area contributed by atoms with Gasteiger partial charge in [0.1, 0.15) is 18.1 Å². The molecule has 4 atom stereocenters. The van der Waals surface area contributed by atoms with Crippen LogP contribution >= 0.6 is 0 Å². The van der Waals surface area contributed by atoms with Crippen molar-refractivity contribution in [3.05, 3.63) is 35.9 Å². The van der Waals surface area contributed by atoms with Crippen LogP contribution in [0.4, 0.5) is 0 Å². The third-order valence-corrected chi connectivity index (χ3v) is 6.36. The molecule has 1 aromatic rings. The zero-order chi connectivity index (χ0) is 32.2. The molecule has 0 saturated carbocycles. The van der Waals surface area contributed by atoms with Gasteiger partial charge in [-0.15, -0.1) is 0 Å². The molecule has 0 saturated heterocycles. The highest BCUT2D eigenvalue weighted by Crippen LogP contribution is 2.08. The zero-order valence-electron chi connectivity index (χ0n) is 24.4. The molecule has 4 unspecified atom stereocenters. The van der Waals surface area contributed by atoms with Crippen LogP contribution in [0.3, 0.4) is 0 Å². The lowest BCUT2D eigenvalue weighted by molar-refractivity contribution is -0.142. The number of carbonyl (C=O) groups excluding carboxylic acids is 3. The number of aliphatic carboxylic acids is 1. The van der Waals surface area contributed by atoms with E-state index in [-0.39, 0.29) is 44.3 Å². The highest BCUT2D eigenvalue weighted by Gasteiger charge is 2.30. The van der Waals surface area contributed by atoms with Crippen molar-refractivity contribution < 1.29 is 24.3 Å². The zero-order valence-corrected chi connectivity index (χ0v) is 24.4. The van der Waals surface area contributed by atoms with Crippen LogP contribution in [0.2, 0.25) is 0 Å². The van der Waals surface area contributed by atoms with E-state index in [0.29, 0.717) is 38.6 Å². The van der Waals surface area contributed by atoms with E-state index in [0.717, 1.165) is 5.56 Å². The van der Waals surface area contributed by atoms with Gasteiger partial charge in [0, 0.05) is 19.5 Å². The van der Waals surface area contributed by atoms with E-state index in [1.807, 2.05) is 0 Å². The third kappa shape index (κ3) is 16.0. The topological polar surface area (TPSA) is 305 Å². The number of rotatable bonds is 21. The van der Waals surface area contributed by atoms with Crippen molar-refractivity contribution in [1.29, 1.82) is 0 Å². The number of guanidine groups is 2. The van der Waals surface area contributed by atoms with E-state index in [9.17, 15) is 24.3 Å². The second-order valence-electron chi connectivity index (χ2n) is 10.0. The number of nitrogens with one attached hydrogen (secondary N) is 3. The summed E-state index contributed by atoms with van der Waals surface area (Å²) < 4.78 is 0. The first-order valence-corrected chi connectivity index (χ1v) is 14.2. The summed E-state index contributed by atoms with van der Waals surface area (Å²) in [6.07, 6.45) is 2.61. The van der Waals surface area contributed by atoms with Crippen molar-refractivity contribution in [2.24, 2.45) is 44.4 Å². The van der Waals surface area contributed by atoms with Crippen LogP contribution in [0.5, 0.6) is 0 Å². The molecule has 0 aliphatic carbocycles. The lowest BCUT2D eigenvalue weighted by Gasteiger charge is -2.25. The minimum atomic E-state index is -1.25. The molecule has 43 heavy (non-hydrogen) atoms. The maximum absolute atomic E-state index is 13.5. The van der Waals surface area contributed by atoms with Crippen molar-refractivity contribution in [2.75, 3.05) is 19.6 Å². The number of carboxylic acid groups (broad SMARTS) is 1. The number of aliphatic imine (C=N–C) groups is 2. The minimum absolute atomic E-state index is 0.0510. The summed E-state index contributed by atoms with van der Waals surface area (Å²) in [6.45, 7) is 0.856. The smallest absolute Gasteiger partial charge is 0.326 e. The predicted molar refractivity (Wildman–Crippen MR) is 164 cm³/mol. The quantitative estimate of drug-likeness (QED) is 0.0391. The number of nitrogens with zero attached hydrogens (tertiary/aromatic N) is 2. The molecular formula is C27H47N11O5. The van der Waals surface area contributed by atoms with E-state index in [2.05, 4.69) is 25.9 Å². The van der Waals surface area contributed by atoms with Gasteiger partial charge in [0.15, 0.2) is 11.9 Å². The number of hydrogen-bond donors (Lipinski definition) is 10. The molecule has 0 aliphatic heterocycles. The molecule has 240 valence electrons. The first kappa shape index (κ1) is 36.6. The van der Waals surface area contributed by atoms with Crippen molar-refractivity contribution in [1.82, 2.24) is 16.0 Å². The van der Waals surface area contributed by atoms with E-state index in [4.69, 9.17) is 34.4 Å². The highest BCUT2D eigenvalue weighted by atomic mass is 16.4. The second kappa shape index (κ2) is 20.4. The van der Waals surface area contributed by atoms with Gasteiger partial charge in [-0.05, 0) is 50.6 Å². The Morgan fingerprint density at radius 1 is 0.698 bits per heavy atom. The van der Waals surface area contributed by atoms with Gasteiger partial charge >= 0.3 is 5.97 Å². The maximum Gasteiger partial charge on any atom is 0.326 e. The average molecular weight is 606 g/mol. The number of carbonyl (C=O) groups is 4. The fourth-order valence-corrected chi connectivity index (χ4v) is 4.06. The Bertz CT molecular complexity index is 1080. The Labute approximate surface area is 251 Å². The summed E-state index contributed by atoms with van der Waals surface area (Å²) in [6, 6.07) is 4.54. The van der Waals surface area contributed by atoms with Crippen LogP contribution in [0, 0.1) is 0 Å². The first-order valence-electron chi connectivity index (χ1n) is 14.2. The van der Waals surface area contributed by atoms with Crippen LogP contribution in [0.15, 0.2) is 40.3 Å². The third-order valence-electron chi connectivity index (χ3n) is 6.36. The van der Waals surface area contributed by atoms with Crippen molar-refractivity contribution in [2.45, 2.75) is 75.5 Å². The molecule has 3 amide bonds. The van der Waals surface area contributed by atoms with Crippen LogP contribution < -0.4 is 50.4 Å². The number of hydrogen-bond acceptors (Lipinski definition) is 8. The lowest BCUT2D eigenvalue weighted by atomic mass is 10.0. The first-order chi connectivity index (χ1) is 20.4. The summed E-state index contributed by atoms with van der Waals surface area (Å²) in [7, 11) is 0. The Hall–Kier alpha value is -4.44. The monoisotopic (exact) mass is 605 g/mol. The summed E-state index contributed by atoms with van der Waals surface area (Å²) in [5.41, 5.74) is 33.6. The van der Waals surface area contributed by atoms with Crippen molar-refractivity contribution >= 4 is 35.6 Å². The van der Waals surface area contributed by atoms with Crippen LogP contribution in [-0.4, -0.2) is 84.5 Å². The highest BCUT2D eigenvalue weighted by molar-refractivity contribution is 5.94. The largest absolute Gasteiger partial charge is 0.480 e. The molecule has 16 heteroatoms. The number of carboxylic acids is 1. The molecule has 0 aromatic heterocycles. The van der Waals surface area contributed by atoms with Gasteiger partial charge in [0.05, 0.1) is 6.04 Å². The Morgan fingerprint density at radius 2 is 1.21 bits per heavy atom. The summed E-state index contributed by atoms with van der Waals surface area (Å²) in [5, 5.41) is 17.5. The normalized spacial score (nSPS) is 13.4. The Kier molecular flexibility index (Phi) is 17.4. The van der Waals surface area contributed by atoms with Gasteiger partial charge in [-0.2, -0.15) is 0 Å². The van der Waals surface area contributed by atoms with Crippen LogP contribution in [0.25, 0.3) is 0 Å². The molecular weight excluding hydrogens is 558 g/mol. The van der Waals surface area contributed by atoms with Crippen LogP contribution in [0.1, 0.15) is 50.5 Å². The second-order valence-corrected chi connectivity index (χ2v) is 10.0. The van der Waals surface area contributed by atoms with E-state index >= 15 is 0 Å². The number of nitrogens with two attached hydrogens (primary N) is 6. The molecule has 0 aliphatic rings. The van der Waals surface area contributed by atoms with Gasteiger partial charge in [0.2, 0.25) is 17.7 Å². The van der Waals surface area contributed by atoms with Gasteiger partial charge in [-0.3, -0.25) is 24.4 Å². The van der Waals surface area contributed by atoms with Gasteiger partial charge < -0.3 is 55.5 Å². The molecule has 0 spiro atoms. The SMILES string of the molecule is NCCCCC(N)C(=O)NC(CCCN=C(N)N)C(=O)NC(Cc1ccccc1)C(=O)NC(CCCN=C(N)N)C(=O)O. The van der Waals surface area contributed by atoms with Crippen molar-refractivity contribution in [3.63, 3.8) is 0 Å². The summed E-state index contributed by atoms with van der Waals surface area (Å²) in [4.78, 5) is 59.2. The molecule has 16 N–H and O–H groups in total. The van der Waals surface area contributed by atoms with Crippen LogP contribution in [-0.2, 0) is 25.6 Å². The molecule has 0 heterocycles. The number of amides is 3. The summed E-state index contributed by atoms with van der Waals surface area (Å²) >= 11 is 0. The van der Waals surface area contributed by atoms with Gasteiger partial charge in [0.25, 0.3) is 0 Å². The molecule has 0 fully saturated rings. The number of unbranched alkanes of at least 4 members (excludes halogenated alkanes) is 1. The maximum atomic E-state index is 13.5. The molecule has 16 nitrogen and oxygen atoms in total. The van der Waals surface area contributed by atoms with E-state index < -0.39 is 47.9 Å². The van der Waals surface area contributed by atoms with Gasteiger partial charge in [-0.25, -0.2) is 4.79 Å². The standard InChI is InChI=1S/C27H47N11O5/c28-13-5-4-10-18(29)22(39)36-19(11-6-14-34-26(30)31)23(40)38-21(16-17-8-2-1-3-9-17)24(41)37-20(25(42)43)12-7-15-35-27(32)33/h1-3,8-9,18-21H,4-7,10-16,28-29H2,(H,36,39)(H,37,41)(H,38,40)(H,42,43)(H4,30,31,34)(H4,32,33,35). The fourth-order valence-electron chi connectivity index (χ4n) is 4.06. The molecule has 1 aromatic carbocycles. The fraction of sp³-hybridized carbons (Fsp3) is 0.556. The average Bonchev–Trinajstić information content (AvgIpc) is 2.95. The number of benzene rings is 1. The molecule has 1 rings (SSSR count). The molecule has 0 radical (unpaired) electrons. The predicted octanol–water partition coefficient (Wildman–Crippen LogP) is -2.67. The Morgan fingerprint density at radius 3 is 1.74 bits per heavy atom.